The van der Waals surface area contributed by atoms with E-state index in [-0.39, 0.29) is 24.5 Å². The molecule has 0 aliphatic rings. The van der Waals surface area contributed by atoms with Gasteiger partial charge in [-0.05, 0) is 36.4 Å². The van der Waals surface area contributed by atoms with Crippen molar-refractivity contribution >= 4 is 11.4 Å². The molecule has 3 rings (SSSR count). The van der Waals surface area contributed by atoms with Gasteiger partial charge in [-0.2, -0.15) is 26.3 Å². The first kappa shape index (κ1) is 20.6. The van der Waals surface area contributed by atoms with Crippen molar-refractivity contribution in [2.75, 3.05) is 10.6 Å². The van der Waals surface area contributed by atoms with Crippen LogP contribution in [0.25, 0.3) is 0 Å². The van der Waals surface area contributed by atoms with Gasteiger partial charge in [-0.3, -0.25) is 0 Å². The average molecular weight is 414 g/mol. The van der Waals surface area contributed by atoms with Gasteiger partial charge >= 0.3 is 12.4 Å². The number of halogens is 6. The lowest BCUT2D eigenvalue weighted by Gasteiger charge is -2.14. The predicted molar refractivity (Wildman–Crippen MR) is 96.2 cm³/mol. The highest BCUT2D eigenvalue weighted by atomic mass is 19.4. The van der Waals surface area contributed by atoms with Gasteiger partial charge in [-0.1, -0.05) is 24.3 Å². The van der Waals surface area contributed by atoms with Gasteiger partial charge in [-0.25, -0.2) is 0 Å². The Morgan fingerprint density at radius 3 is 1.34 bits per heavy atom. The summed E-state index contributed by atoms with van der Waals surface area (Å²) < 4.78 is 83.5. The number of nitrogens with one attached hydrogen (secondary N) is 2. The van der Waals surface area contributed by atoms with E-state index < -0.39 is 23.5 Å². The Labute approximate surface area is 162 Å². The van der Waals surface area contributed by atoms with E-state index in [1.54, 1.807) is 12.1 Å². The molecule has 0 saturated heterocycles. The van der Waals surface area contributed by atoms with E-state index in [1.807, 2.05) is 0 Å². The molecule has 0 unspecified atom stereocenters. The van der Waals surface area contributed by atoms with Crippen LogP contribution in [-0.4, -0.2) is 0 Å². The fraction of sp³-hybridized carbons (Fsp3) is 0.200. The Bertz CT molecular complexity index is 886. The molecule has 2 N–H and O–H groups in total. The van der Waals surface area contributed by atoms with Crippen LogP contribution in [0.2, 0.25) is 0 Å². The molecule has 0 fully saturated rings. The Hall–Kier alpha value is -3.10. The number of benzene rings is 2. The Morgan fingerprint density at radius 2 is 0.966 bits per heavy atom. The normalized spacial score (nSPS) is 12.1. The van der Waals surface area contributed by atoms with Crippen molar-refractivity contribution in [3.8, 4) is 0 Å². The second-order valence-electron chi connectivity index (χ2n) is 6.16. The van der Waals surface area contributed by atoms with E-state index >= 15 is 0 Å². The van der Waals surface area contributed by atoms with Crippen LogP contribution in [-0.2, 0) is 25.4 Å². The summed E-state index contributed by atoms with van der Waals surface area (Å²) in [5.74, 6) is 0.700. The summed E-state index contributed by atoms with van der Waals surface area (Å²) in [5, 5.41) is 5.34. The van der Waals surface area contributed by atoms with Crippen molar-refractivity contribution in [1.82, 2.24) is 0 Å². The van der Waals surface area contributed by atoms with Crippen LogP contribution in [0.1, 0.15) is 22.6 Å². The van der Waals surface area contributed by atoms with Crippen LogP contribution in [0.5, 0.6) is 0 Å². The maximum Gasteiger partial charge on any atom is 0.418 e. The third-order valence-electron chi connectivity index (χ3n) is 4.09. The minimum atomic E-state index is -4.49. The molecule has 29 heavy (non-hydrogen) atoms. The van der Waals surface area contributed by atoms with Crippen molar-refractivity contribution in [2.45, 2.75) is 25.4 Å². The lowest BCUT2D eigenvalue weighted by atomic mass is 10.1. The molecular weight excluding hydrogens is 398 g/mol. The van der Waals surface area contributed by atoms with Crippen LogP contribution in [0.15, 0.2) is 65.1 Å². The molecule has 0 aliphatic heterocycles. The van der Waals surface area contributed by atoms with Crippen LogP contribution < -0.4 is 10.6 Å². The van der Waals surface area contributed by atoms with Gasteiger partial charge in [0, 0.05) is 11.4 Å². The number of hydrogen-bond acceptors (Lipinski definition) is 3. The van der Waals surface area contributed by atoms with Crippen LogP contribution in [0.4, 0.5) is 37.7 Å². The molecule has 0 spiro atoms. The molecule has 0 saturated carbocycles. The highest BCUT2D eigenvalue weighted by Crippen LogP contribution is 2.35. The average Bonchev–Trinajstić information content (AvgIpc) is 3.11. The maximum atomic E-state index is 13.0. The Balaban J connectivity index is 1.63. The summed E-state index contributed by atoms with van der Waals surface area (Å²) in [6.45, 7) is -0.0154. The van der Waals surface area contributed by atoms with Crippen molar-refractivity contribution in [1.29, 1.82) is 0 Å². The first-order chi connectivity index (χ1) is 13.6. The van der Waals surface area contributed by atoms with Crippen LogP contribution in [0.3, 0.4) is 0 Å². The molecule has 1 aromatic heterocycles. The molecule has 0 aliphatic carbocycles. The minimum absolute atomic E-state index is 0.00771. The molecule has 154 valence electrons. The van der Waals surface area contributed by atoms with E-state index in [0.717, 1.165) is 12.1 Å². The number of furan rings is 1. The monoisotopic (exact) mass is 414 g/mol. The summed E-state index contributed by atoms with van der Waals surface area (Å²) >= 11 is 0. The van der Waals surface area contributed by atoms with Gasteiger partial charge in [-0.15, -0.1) is 0 Å². The zero-order valence-corrected chi connectivity index (χ0v) is 14.9. The van der Waals surface area contributed by atoms with E-state index in [9.17, 15) is 26.3 Å². The number of hydrogen-bond donors (Lipinski definition) is 2. The fourth-order valence-electron chi connectivity index (χ4n) is 2.75. The van der Waals surface area contributed by atoms with E-state index in [4.69, 9.17) is 4.42 Å². The molecule has 3 nitrogen and oxygen atoms in total. The zero-order valence-electron chi connectivity index (χ0n) is 14.9. The Morgan fingerprint density at radius 1 is 0.586 bits per heavy atom. The first-order valence-electron chi connectivity index (χ1n) is 8.52. The number of rotatable bonds is 6. The SMILES string of the molecule is FC(F)(F)c1ccccc1NCc1ccc(CNc2ccccc2C(F)(F)F)o1. The molecule has 9 heteroatoms. The maximum absolute atomic E-state index is 13.0. The van der Waals surface area contributed by atoms with Crippen molar-refractivity contribution in [2.24, 2.45) is 0 Å². The zero-order chi connectivity index (χ0) is 21.1. The van der Waals surface area contributed by atoms with Crippen molar-refractivity contribution in [3.63, 3.8) is 0 Å². The lowest BCUT2D eigenvalue weighted by Crippen LogP contribution is -2.10. The first-order valence-corrected chi connectivity index (χ1v) is 8.52. The van der Waals surface area contributed by atoms with Gasteiger partial charge in [0.2, 0.25) is 0 Å². The van der Waals surface area contributed by atoms with E-state index in [2.05, 4.69) is 10.6 Å². The molecule has 0 amide bonds. The quantitative estimate of drug-likeness (QED) is 0.450. The predicted octanol–water partition coefficient (Wildman–Crippen LogP) is 6.54. The standard InChI is InChI=1S/C20H16F6N2O/c21-19(22,23)15-5-1-3-7-17(15)27-11-13-9-10-14(29-13)12-28-18-8-4-2-6-16(18)20(24,25)26/h1-10,27-28H,11-12H2. The topological polar surface area (TPSA) is 37.2 Å². The summed E-state index contributed by atoms with van der Waals surface area (Å²) in [6.07, 6.45) is -8.98. The summed E-state index contributed by atoms with van der Waals surface area (Å²) in [7, 11) is 0. The van der Waals surface area contributed by atoms with Gasteiger partial charge in [0.25, 0.3) is 0 Å². The van der Waals surface area contributed by atoms with Gasteiger partial charge in [0.1, 0.15) is 11.5 Å². The molecule has 0 atom stereocenters. The van der Waals surface area contributed by atoms with Crippen molar-refractivity contribution < 1.29 is 30.8 Å². The molecule has 0 radical (unpaired) electrons. The summed E-state index contributed by atoms with van der Waals surface area (Å²) in [4.78, 5) is 0. The molecule has 3 aromatic rings. The molecule has 2 aromatic carbocycles. The molecular formula is C20H16F6N2O. The second kappa shape index (κ2) is 8.10. The highest BCUT2D eigenvalue weighted by molar-refractivity contribution is 5.53. The van der Waals surface area contributed by atoms with Crippen LogP contribution in [0, 0.1) is 0 Å². The van der Waals surface area contributed by atoms with Crippen LogP contribution >= 0.6 is 0 Å². The smallest absolute Gasteiger partial charge is 0.418 e. The van der Waals surface area contributed by atoms with E-state index in [0.29, 0.717) is 11.5 Å². The lowest BCUT2D eigenvalue weighted by molar-refractivity contribution is -0.137. The third-order valence-corrected chi connectivity index (χ3v) is 4.09. The van der Waals surface area contributed by atoms with Gasteiger partial charge in [0.05, 0.1) is 24.2 Å². The van der Waals surface area contributed by atoms with E-state index in [1.165, 1.54) is 36.4 Å². The summed E-state index contributed by atoms with van der Waals surface area (Å²) in [5.41, 5.74) is -1.76. The Kier molecular flexibility index (Phi) is 5.76. The largest absolute Gasteiger partial charge is 0.462 e. The molecule has 1 heterocycles. The number of para-hydroxylation sites is 2. The molecule has 0 bridgehead atoms. The van der Waals surface area contributed by atoms with Gasteiger partial charge < -0.3 is 15.1 Å². The number of anilines is 2. The third kappa shape index (κ3) is 5.24. The van der Waals surface area contributed by atoms with Gasteiger partial charge in [0.15, 0.2) is 0 Å². The highest BCUT2D eigenvalue weighted by Gasteiger charge is 2.34. The number of alkyl halides is 6. The summed E-state index contributed by atoms with van der Waals surface area (Å²) in [6, 6.07) is 13.2. The fourth-order valence-corrected chi connectivity index (χ4v) is 2.75. The second-order valence-corrected chi connectivity index (χ2v) is 6.16. The van der Waals surface area contributed by atoms with Crippen molar-refractivity contribution in [3.05, 3.63) is 83.3 Å². The minimum Gasteiger partial charge on any atom is -0.462 e.